The van der Waals surface area contributed by atoms with Crippen LogP contribution in [-0.4, -0.2) is 0 Å². The topological polar surface area (TPSA) is 26.0 Å². The van der Waals surface area contributed by atoms with Crippen molar-refractivity contribution in [2.75, 3.05) is 0 Å². The van der Waals surface area contributed by atoms with Gasteiger partial charge in [-0.2, -0.15) is 0 Å². The van der Waals surface area contributed by atoms with Gasteiger partial charge in [0.2, 0.25) is 0 Å². The van der Waals surface area contributed by atoms with Crippen LogP contribution in [0.3, 0.4) is 0 Å². The zero-order valence-electron chi connectivity index (χ0n) is 13.3. The van der Waals surface area contributed by atoms with Crippen molar-refractivity contribution in [3.63, 3.8) is 0 Å². The fraction of sp³-hybridized carbons (Fsp3) is 0.400. The van der Waals surface area contributed by atoms with Crippen LogP contribution in [0.4, 0.5) is 0 Å². The van der Waals surface area contributed by atoms with E-state index in [1.54, 1.807) is 0 Å². The molecule has 1 heteroatoms. The Bertz CT molecular complexity index is 634. The predicted octanol–water partition coefficient (Wildman–Crippen LogP) is 4.42. The van der Waals surface area contributed by atoms with Crippen molar-refractivity contribution in [3.05, 3.63) is 69.8 Å². The summed E-state index contributed by atoms with van der Waals surface area (Å²) < 4.78 is 0. The Balaban J connectivity index is 1.89. The second-order valence-electron chi connectivity index (χ2n) is 6.61. The number of hydrogen-bond acceptors (Lipinski definition) is 1. The maximum absolute atomic E-state index is 6.68. The highest BCUT2D eigenvalue weighted by atomic mass is 14.7. The summed E-state index contributed by atoms with van der Waals surface area (Å²) >= 11 is 0. The highest BCUT2D eigenvalue weighted by Gasteiger charge is 2.26. The van der Waals surface area contributed by atoms with Gasteiger partial charge >= 0.3 is 0 Å². The largest absolute Gasteiger partial charge is 0.324 e. The summed E-state index contributed by atoms with van der Waals surface area (Å²) in [6, 6.07) is 13.5. The molecule has 110 valence electrons. The van der Waals surface area contributed by atoms with Crippen LogP contribution in [-0.2, 0) is 12.8 Å². The Hall–Kier alpha value is -1.60. The van der Waals surface area contributed by atoms with Crippen LogP contribution in [0.5, 0.6) is 0 Å². The highest BCUT2D eigenvalue weighted by Crippen LogP contribution is 2.35. The van der Waals surface area contributed by atoms with Gasteiger partial charge in [-0.25, -0.2) is 0 Å². The SMILES string of the molecule is Cc1cc(C)c(C(N)C2CCc3ccccc3C2)c(C)c1. The van der Waals surface area contributed by atoms with Crippen molar-refractivity contribution in [1.82, 2.24) is 0 Å². The van der Waals surface area contributed by atoms with Gasteiger partial charge in [-0.3, -0.25) is 0 Å². The minimum atomic E-state index is 0.152. The summed E-state index contributed by atoms with van der Waals surface area (Å²) in [6.45, 7) is 6.56. The zero-order chi connectivity index (χ0) is 15.0. The number of rotatable bonds is 2. The molecule has 2 aromatic rings. The molecule has 21 heavy (non-hydrogen) atoms. The monoisotopic (exact) mass is 279 g/mol. The van der Waals surface area contributed by atoms with Gasteiger partial charge in [0.25, 0.3) is 0 Å². The molecule has 1 nitrogen and oxygen atoms in total. The first-order valence-electron chi connectivity index (χ1n) is 7.96. The van der Waals surface area contributed by atoms with Gasteiger partial charge in [-0.1, -0.05) is 42.0 Å². The fourth-order valence-corrected chi connectivity index (χ4v) is 3.99. The van der Waals surface area contributed by atoms with E-state index >= 15 is 0 Å². The molecule has 0 aliphatic heterocycles. The molecule has 0 bridgehead atoms. The van der Waals surface area contributed by atoms with E-state index in [9.17, 15) is 0 Å². The van der Waals surface area contributed by atoms with Crippen molar-refractivity contribution >= 4 is 0 Å². The standard InChI is InChI=1S/C20H25N/c1-13-10-14(2)19(15(3)11-13)20(21)18-9-8-16-6-4-5-7-17(16)12-18/h4-7,10-11,18,20H,8-9,12,21H2,1-3H3. The number of fused-ring (bicyclic) bond motifs is 1. The first-order chi connectivity index (χ1) is 10.1. The summed E-state index contributed by atoms with van der Waals surface area (Å²) in [5, 5.41) is 0. The average molecular weight is 279 g/mol. The van der Waals surface area contributed by atoms with E-state index in [0.29, 0.717) is 5.92 Å². The van der Waals surface area contributed by atoms with E-state index in [-0.39, 0.29) is 6.04 Å². The molecule has 2 N–H and O–H groups in total. The van der Waals surface area contributed by atoms with Gasteiger partial charge < -0.3 is 5.73 Å². The minimum absolute atomic E-state index is 0.152. The molecule has 0 spiro atoms. The minimum Gasteiger partial charge on any atom is -0.324 e. The highest BCUT2D eigenvalue weighted by molar-refractivity contribution is 5.40. The average Bonchev–Trinajstić information content (AvgIpc) is 2.45. The Kier molecular flexibility index (Phi) is 3.86. The van der Waals surface area contributed by atoms with E-state index < -0.39 is 0 Å². The summed E-state index contributed by atoms with van der Waals surface area (Å²) in [6.07, 6.45) is 3.48. The number of nitrogens with two attached hydrogens (primary N) is 1. The lowest BCUT2D eigenvalue weighted by Gasteiger charge is -2.31. The fourth-order valence-electron chi connectivity index (χ4n) is 3.99. The molecule has 0 radical (unpaired) electrons. The third-order valence-electron chi connectivity index (χ3n) is 4.96. The van der Waals surface area contributed by atoms with Gasteiger partial charge in [0.15, 0.2) is 0 Å². The van der Waals surface area contributed by atoms with Gasteiger partial charge in [0, 0.05) is 6.04 Å². The molecule has 0 saturated carbocycles. The van der Waals surface area contributed by atoms with E-state index in [1.165, 1.54) is 46.2 Å². The van der Waals surface area contributed by atoms with Crippen LogP contribution in [0, 0.1) is 26.7 Å². The van der Waals surface area contributed by atoms with Crippen LogP contribution in [0.25, 0.3) is 0 Å². The van der Waals surface area contributed by atoms with E-state index in [2.05, 4.69) is 57.2 Å². The van der Waals surface area contributed by atoms with Crippen LogP contribution < -0.4 is 5.73 Å². The molecule has 1 aliphatic carbocycles. The molecule has 1 aliphatic rings. The van der Waals surface area contributed by atoms with E-state index in [0.717, 1.165) is 6.42 Å². The number of benzene rings is 2. The molecule has 0 amide bonds. The lowest BCUT2D eigenvalue weighted by Crippen LogP contribution is -2.28. The van der Waals surface area contributed by atoms with E-state index in [1.807, 2.05) is 0 Å². The Labute approximate surface area is 128 Å². The molecule has 2 atom stereocenters. The lowest BCUT2D eigenvalue weighted by atomic mass is 9.76. The summed E-state index contributed by atoms with van der Waals surface area (Å²) in [5.41, 5.74) is 15.1. The molecule has 0 aromatic heterocycles. The summed E-state index contributed by atoms with van der Waals surface area (Å²) in [4.78, 5) is 0. The normalized spacial score (nSPS) is 19.1. The maximum Gasteiger partial charge on any atom is 0.0332 e. The molecular formula is C20H25N. The van der Waals surface area contributed by atoms with Crippen LogP contribution in [0.2, 0.25) is 0 Å². The third kappa shape index (κ3) is 2.75. The predicted molar refractivity (Wildman–Crippen MR) is 89.5 cm³/mol. The van der Waals surface area contributed by atoms with Crippen molar-refractivity contribution in [2.45, 2.75) is 46.1 Å². The van der Waals surface area contributed by atoms with Crippen LogP contribution in [0.1, 0.15) is 45.8 Å². The first-order valence-corrected chi connectivity index (χ1v) is 7.96. The van der Waals surface area contributed by atoms with Crippen molar-refractivity contribution in [2.24, 2.45) is 11.7 Å². The molecule has 0 saturated heterocycles. The lowest BCUT2D eigenvalue weighted by molar-refractivity contribution is 0.380. The second kappa shape index (κ2) is 5.65. The molecule has 0 fully saturated rings. The molecule has 0 heterocycles. The van der Waals surface area contributed by atoms with Gasteiger partial charge in [-0.15, -0.1) is 0 Å². The first kappa shape index (κ1) is 14.3. The number of hydrogen-bond donors (Lipinski definition) is 1. The Morgan fingerprint density at radius 1 is 1.00 bits per heavy atom. The number of aryl methyl sites for hydroxylation is 4. The molecule has 2 unspecified atom stereocenters. The van der Waals surface area contributed by atoms with Crippen LogP contribution in [0.15, 0.2) is 36.4 Å². The van der Waals surface area contributed by atoms with Crippen molar-refractivity contribution in [3.8, 4) is 0 Å². The van der Waals surface area contributed by atoms with E-state index in [4.69, 9.17) is 5.73 Å². The second-order valence-corrected chi connectivity index (χ2v) is 6.61. The Morgan fingerprint density at radius 3 is 2.29 bits per heavy atom. The van der Waals surface area contributed by atoms with Crippen molar-refractivity contribution in [1.29, 1.82) is 0 Å². The maximum atomic E-state index is 6.68. The van der Waals surface area contributed by atoms with Crippen LogP contribution >= 0.6 is 0 Å². The third-order valence-corrected chi connectivity index (χ3v) is 4.96. The quantitative estimate of drug-likeness (QED) is 0.865. The molecular weight excluding hydrogens is 254 g/mol. The molecule has 3 rings (SSSR count). The van der Waals surface area contributed by atoms with Gasteiger partial charge in [0.1, 0.15) is 0 Å². The molecule has 2 aromatic carbocycles. The Morgan fingerprint density at radius 2 is 1.62 bits per heavy atom. The summed E-state index contributed by atoms with van der Waals surface area (Å²) in [5.74, 6) is 0.556. The smallest absolute Gasteiger partial charge is 0.0332 e. The van der Waals surface area contributed by atoms with Crippen molar-refractivity contribution < 1.29 is 0 Å². The van der Waals surface area contributed by atoms with Gasteiger partial charge in [0.05, 0.1) is 0 Å². The summed E-state index contributed by atoms with van der Waals surface area (Å²) in [7, 11) is 0. The van der Waals surface area contributed by atoms with Gasteiger partial charge in [-0.05, 0) is 73.8 Å². The zero-order valence-corrected chi connectivity index (χ0v) is 13.3.